The number of allylic oxidation sites excluding steroid dienone is 1. The van der Waals surface area contributed by atoms with E-state index in [1.165, 1.54) is 0 Å². The summed E-state index contributed by atoms with van der Waals surface area (Å²) >= 11 is 0. The number of aliphatic hydroxyl groups is 1. The van der Waals surface area contributed by atoms with Crippen molar-refractivity contribution in [1.29, 1.82) is 0 Å². The first-order valence-corrected chi connectivity index (χ1v) is 11.2. The molecule has 1 aliphatic heterocycles. The molecule has 5 rings (SSSR count). The van der Waals surface area contributed by atoms with Crippen molar-refractivity contribution in [3.63, 3.8) is 0 Å². The number of nitrogens with zero attached hydrogens (tertiary/aromatic N) is 1. The number of benzene rings is 2. The highest BCUT2D eigenvalue weighted by Gasteiger charge is 2.71. The predicted octanol–water partition coefficient (Wildman–Crippen LogP) is 5.09. The van der Waals surface area contributed by atoms with Gasteiger partial charge in [0.15, 0.2) is 5.78 Å². The Hall–Kier alpha value is -2.93. The van der Waals surface area contributed by atoms with Gasteiger partial charge in [-0.15, -0.1) is 0 Å². The Morgan fingerprint density at radius 3 is 1.85 bits per heavy atom. The molecular weight excluding hydrogens is 431 g/mol. The van der Waals surface area contributed by atoms with E-state index in [9.17, 15) is 27.9 Å². The number of alkyl halides is 3. The smallest absolute Gasteiger partial charge is 0.368 e. The van der Waals surface area contributed by atoms with Crippen LogP contribution in [0.4, 0.5) is 13.2 Å². The Balaban J connectivity index is 1.74. The maximum Gasteiger partial charge on any atom is 0.430 e. The van der Waals surface area contributed by atoms with Crippen molar-refractivity contribution in [2.24, 2.45) is 5.41 Å². The van der Waals surface area contributed by atoms with Gasteiger partial charge in [-0.1, -0.05) is 73.5 Å². The van der Waals surface area contributed by atoms with Crippen molar-refractivity contribution in [3.8, 4) is 0 Å². The molecule has 7 heteroatoms. The Morgan fingerprint density at radius 2 is 1.36 bits per heavy atom. The van der Waals surface area contributed by atoms with Crippen LogP contribution in [-0.4, -0.2) is 33.5 Å². The molecule has 0 bridgehead atoms. The highest BCUT2D eigenvalue weighted by Crippen LogP contribution is 2.58. The quantitative estimate of drug-likeness (QED) is 0.702. The standard InChI is InChI=1S/C26H24F3NO3/c27-26(28,29)25(33)21-19(15-24(16-20(21)31)13-7-8-14-24)30(23(25)32)22(17-9-3-1-4-10-17)18-11-5-2-6-12-18/h1-6,9-12,22,33H,7-8,13-16H2/t25-/m1/s1. The zero-order valence-corrected chi connectivity index (χ0v) is 17.9. The molecular formula is C26H24F3NO3. The van der Waals surface area contributed by atoms with Crippen LogP contribution in [0.15, 0.2) is 71.9 Å². The normalized spacial score (nSPS) is 24.8. The monoisotopic (exact) mass is 455 g/mol. The molecule has 4 nitrogen and oxygen atoms in total. The SMILES string of the molecule is O=C1CC2(CCCC2)CC2=C1[C@](O)(C(F)(F)F)C(=O)N2C(c1ccccc1)c1ccccc1. The number of rotatable bonds is 3. The lowest BCUT2D eigenvalue weighted by Gasteiger charge is -2.38. The Bertz CT molecular complexity index is 1080. The molecule has 0 radical (unpaired) electrons. The molecule has 2 aromatic rings. The number of carbonyl (C=O) groups is 2. The zero-order valence-electron chi connectivity index (χ0n) is 17.9. The van der Waals surface area contributed by atoms with Gasteiger partial charge in [0.25, 0.3) is 11.5 Å². The van der Waals surface area contributed by atoms with Crippen molar-refractivity contribution in [3.05, 3.63) is 83.1 Å². The van der Waals surface area contributed by atoms with E-state index in [2.05, 4.69) is 0 Å². The van der Waals surface area contributed by atoms with Crippen LogP contribution in [0.25, 0.3) is 0 Å². The van der Waals surface area contributed by atoms with Gasteiger partial charge in [-0.2, -0.15) is 13.2 Å². The molecule has 2 aliphatic carbocycles. The summed E-state index contributed by atoms with van der Waals surface area (Å²) in [7, 11) is 0. The van der Waals surface area contributed by atoms with Crippen LogP contribution >= 0.6 is 0 Å². The van der Waals surface area contributed by atoms with Gasteiger partial charge in [-0.05, 0) is 35.8 Å². The third kappa shape index (κ3) is 3.24. The minimum absolute atomic E-state index is 0.0238. The van der Waals surface area contributed by atoms with E-state index < -0.39 is 40.5 Å². The summed E-state index contributed by atoms with van der Waals surface area (Å²) in [6.45, 7) is 0. The summed E-state index contributed by atoms with van der Waals surface area (Å²) in [6, 6.07) is 16.6. The highest BCUT2D eigenvalue weighted by atomic mass is 19.4. The van der Waals surface area contributed by atoms with E-state index in [0.29, 0.717) is 11.1 Å². The molecule has 33 heavy (non-hydrogen) atoms. The number of hydrogen-bond acceptors (Lipinski definition) is 3. The lowest BCUT2D eigenvalue weighted by molar-refractivity contribution is -0.239. The minimum Gasteiger partial charge on any atom is -0.368 e. The first-order valence-electron chi connectivity index (χ1n) is 11.2. The van der Waals surface area contributed by atoms with Crippen LogP contribution in [0, 0.1) is 5.41 Å². The fraction of sp³-hybridized carbons (Fsp3) is 0.385. The second-order valence-corrected chi connectivity index (χ2v) is 9.41. The summed E-state index contributed by atoms with van der Waals surface area (Å²) < 4.78 is 42.8. The largest absolute Gasteiger partial charge is 0.430 e. The summed E-state index contributed by atoms with van der Waals surface area (Å²) in [5.74, 6) is -2.27. The molecule has 1 spiro atoms. The summed E-state index contributed by atoms with van der Waals surface area (Å²) in [5.41, 5.74) is -3.84. The van der Waals surface area contributed by atoms with Crippen molar-refractivity contribution in [1.82, 2.24) is 4.90 Å². The second kappa shape index (κ2) is 7.55. The molecule has 0 aromatic heterocycles. The van der Waals surface area contributed by atoms with Crippen LogP contribution in [0.2, 0.25) is 0 Å². The highest BCUT2D eigenvalue weighted by molar-refractivity contribution is 6.11. The second-order valence-electron chi connectivity index (χ2n) is 9.41. The number of carbonyl (C=O) groups excluding carboxylic acids is 2. The maximum absolute atomic E-state index is 14.3. The van der Waals surface area contributed by atoms with Crippen LogP contribution in [-0.2, 0) is 9.59 Å². The fourth-order valence-corrected chi connectivity index (χ4v) is 5.89. The van der Waals surface area contributed by atoms with E-state index in [4.69, 9.17) is 0 Å². The molecule has 0 unspecified atom stereocenters. The zero-order chi connectivity index (χ0) is 23.4. The molecule has 1 saturated carbocycles. The fourth-order valence-electron chi connectivity index (χ4n) is 5.89. The van der Waals surface area contributed by atoms with Gasteiger partial charge in [0.2, 0.25) is 0 Å². The third-order valence-electron chi connectivity index (χ3n) is 7.39. The number of ketones is 1. The van der Waals surface area contributed by atoms with Gasteiger partial charge >= 0.3 is 6.18 Å². The van der Waals surface area contributed by atoms with Crippen molar-refractivity contribution >= 4 is 11.7 Å². The molecule has 1 fully saturated rings. The number of amides is 1. The summed E-state index contributed by atoms with van der Waals surface area (Å²) in [5, 5.41) is 10.9. The Morgan fingerprint density at radius 1 is 0.848 bits per heavy atom. The van der Waals surface area contributed by atoms with E-state index in [1.54, 1.807) is 60.7 Å². The molecule has 3 aliphatic rings. The number of halogens is 3. The summed E-state index contributed by atoms with van der Waals surface area (Å²) in [4.78, 5) is 27.8. The first kappa shape index (κ1) is 21.9. The molecule has 1 heterocycles. The van der Waals surface area contributed by atoms with E-state index >= 15 is 0 Å². The molecule has 1 amide bonds. The van der Waals surface area contributed by atoms with Crippen LogP contribution in [0.3, 0.4) is 0 Å². The number of Topliss-reactive ketones (excluding diaryl/α,β-unsaturated/α-hetero) is 1. The average molecular weight is 455 g/mol. The average Bonchev–Trinajstić information content (AvgIpc) is 3.32. The van der Waals surface area contributed by atoms with E-state index in [1.807, 2.05) is 0 Å². The Kier molecular flexibility index (Phi) is 5.01. The van der Waals surface area contributed by atoms with Gasteiger partial charge in [-0.3, -0.25) is 9.59 Å². The molecule has 2 aromatic carbocycles. The van der Waals surface area contributed by atoms with E-state index in [-0.39, 0.29) is 18.5 Å². The summed E-state index contributed by atoms with van der Waals surface area (Å²) in [6.07, 6.45) is -1.96. The van der Waals surface area contributed by atoms with Gasteiger partial charge in [0.05, 0.1) is 11.6 Å². The Labute approximate surface area is 189 Å². The first-order chi connectivity index (χ1) is 15.7. The van der Waals surface area contributed by atoms with Crippen molar-refractivity contribution < 1.29 is 27.9 Å². The minimum atomic E-state index is -5.31. The molecule has 0 saturated heterocycles. The van der Waals surface area contributed by atoms with Crippen LogP contribution in [0.1, 0.15) is 55.7 Å². The third-order valence-corrected chi connectivity index (χ3v) is 7.39. The van der Waals surface area contributed by atoms with Gasteiger partial charge < -0.3 is 10.0 Å². The van der Waals surface area contributed by atoms with Crippen molar-refractivity contribution in [2.75, 3.05) is 0 Å². The predicted molar refractivity (Wildman–Crippen MR) is 115 cm³/mol. The maximum atomic E-state index is 14.3. The van der Waals surface area contributed by atoms with Crippen molar-refractivity contribution in [2.45, 2.75) is 56.3 Å². The molecule has 1 N–H and O–H groups in total. The molecule has 1 atom stereocenters. The van der Waals surface area contributed by atoms with Crippen LogP contribution in [0.5, 0.6) is 0 Å². The van der Waals surface area contributed by atoms with Crippen LogP contribution < -0.4 is 0 Å². The van der Waals surface area contributed by atoms with Gasteiger partial charge in [0, 0.05) is 12.1 Å². The van der Waals surface area contributed by atoms with Gasteiger partial charge in [0.1, 0.15) is 0 Å². The topological polar surface area (TPSA) is 57.6 Å². The molecule has 172 valence electrons. The lowest BCUT2D eigenvalue weighted by Crippen LogP contribution is -2.55. The van der Waals surface area contributed by atoms with E-state index in [0.717, 1.165) is 30.6 Å². The lowest BCUT2D eigenvalue weighted by atomic mass is 9.69. The van der Waals surface area contributed by atoms with Gasteiger partial charge in [-0.25, -0.2) is 0 Å². The number of hydrogen-bond donors (Lipinski definition) is 1.